The maximum atomic E-state index is 13.2. The van der Waals surface area contributed by atoms with Crippen LogP contribution in [0.4, 0.5) is 4.79 Å². The van der Waals surface area contributed by atoms with Crippen molar-refractivity contribution in [1.29, 1.82) is 0 Å². The zero-order chi connectivity index (χ0) is 19.5. The van der Waals surface area contributed by atoms with Gasteiger partial charge in [-0.25, -0.2) is 13.2 Å². The monoisotopic (exact) mass is 382 g/mol. The Morgan fingerprint density at radius 3 is 2.62 bits per heavy atom. The molecule has 1 saturated heterocycles. The molecule has 0 spiro atoms. The van der Waals surface area contributed by atoms with Gasteiger partial charge in [-0.2, -0.15) is 4.31 Å². The smallest absolute Gasteiger partial charge is 0.314 e. The SMILES string of the molecule is CNC(=O)NC[C@H]1CCN(S(=O)(=O)c2cc(C)ccc2C)C[C@H]1N(C)C. The van der Waals surface area contributed by atoms with Gasteiger partial charge in [-0.1, -0.05) is 12.1 Å². The first-order valence-corrected chi connectivity index (χ1v) is 10.3. The summed E-state index contributed by atoms with van der Waals surface area (Å²) in [6.07, 6.45) is 0.705. The molecule has 2 atom stereocenters. The molecule has 1 aromatic rings. The minimum absolute atomic E-state index is 0.0424. The summed E-state index contributed by atoms with van der Waals surface area (Å²) in [6.45, 7) is 5.14. The number of nitrogens with zero attached hydrogens (tertiary/aromatic N) is 2. The standard InChI is InChI=1S/C18H30N4O3S/c1-13-6-7-14(2)17(10-13)26(24,25)22-9-8-15(11-20-18(23)19-3)16(12-22)21(4)5/h6-7,10,15-16H,8-9,11-12H2,1-5H3,(H2,19,20,23)/t15-,16-/m1/s1. The summed E-state index contributed by atoms with van der Waals surface area (Å²) < 4.78 is 27.9. The normalized spacial score (nSPS) is 21.6. The molecule has 0 unspecified atom stereocenters. The molecule has 0 radical (unpaired) electrons. The lowest BCUT2D eigenvalue weighted by Crippen LogP contribution is -2.55. The molecule has 1 aromatic carbocycles. The number of benzene rings is 1. The highest BCUT2D eigenvalue weighted by molar-refractivity contribution is 7.89. The molecule has 1 aliphatic rings. The number of piperidine rings is 1. The molecular weight excluding hydrogens is 352 g/mol. The number of carbonyl (C=O) groups is 1. The van der Waals surface area contributed by atoms with Gasteiger partial charge in [0.25, 0.3) is 0 Å². The van der Waals surface area contributed by atoms with Gasteiger partial charge >= 0.3 is 6.03 Å². The Balaban J connectivity index is 2.20. The van der Waals surface area contributed by atoms with E-state index in [0.717, 1.165) is 11.1 Å². The van der Waals surface area contributed by atoms with Crippen LogP contribution in [0.5, 0.6) is 0 Å². The number of sulfonamides is 1. The predicted octanol–water partition coefficient (Wildman–Crippen LogP) is 1.17. The Hall–Kier alpha value is -1.64. The van der Waals surface area contributed by atoms with E-state index in [4.69, 9.17) is 0 Å². The zero-order valence-corrected chi connectivity index (χ0v) is 17.1. The van der Waals surface area contributed by atoms with E-state index >= 15 is 0 Å². The average Bonchev–Trinajstić information content (AvgIpc) is 2.61. The van der Waals surface area contributed by atoms with Crippen LogP contribution in [-0.2, 0) is 10.0 Å². The zero-order valence-electron chi connectivity index (χ0n) is 16.2. The van der Waals surface area contributed by atoms with Gasteiger partial charge in [0.05, 0.1) is 4.90 Å². The molecule has 2 N–H and O–H groups in total. The molecule has 0 saturated carbocycles. The van der Waals surface area contributed by atoms with E-state index < -0.39 is 10.0 Å². The Kier molecular flexibility index (Phi) is 6.65. The minimum atomic E-state index is -3.53. The summed E-state index contributed by atoms with van der Waals surface area (Å²) in [5.74, 6) is 0.201. The van der Waals surface area contributed by atoms with E-state index in [2.05, 4.69) is 10.6 Å². The van der Waals surface area contributed by atoms with Crippen molar-refractivity contribution in [3.8, 4) is 0 Å². The van der Waals surface area contributed by atoms with Gasteiger partial charge in [-0.3, -0.25) is 0 Å². The highest BCUT2D eigenvalue weighted by atomic mass is 32.2. The van der Waals surface area contributed by atoms with Crippen LogP contribution in [0.25, 0.3) is 0 Å². The molecule has 8 heteroatoms. The molecule has 2 amide bonds. The highest BCUT2D eigenvalue weighted by Crippen LogP contribution is 2.28. The van der Waals surface area contributed by atoms with Crippen molar-refractivity contribution in [2.24, 2.45) is 5.92 Å². The highest BCUT2D eigenvalue weighted by Gasteiger charge is 2.37. The summed E-state index contributed by atoms with van der Waals surface area (Å²) in [4.78, 5) is 13.9. The van der Waals surface area contributed by atoms with Gasteiger partial charge in [-0.05, 0) is 57.5 Å². The number of carbonyl (C=O) groups excluding carboxylic acids is 1. The van der Waals surface area contributed by atoms with Crippen LogP contribution in [0.1, 0.15) is 17.5 Å². The average molecular weight is 383 g/mol. The molecule has 0 bridgehead atoms. The van der Waals surface area contributed by atoms with Gasteiger partial charge in [-0.15, -0.1) is 0 Å². The number of urea groups is 1. The molecule has 2 rings (SSSR count). The fourth-order valence-electron chi connectivity index (χ4n) is 3.43. The topological polar surface area (TPSA) is 81.8 Å². The van der Waals surface area contributed by atoms with Crippen molar-refractivity contribution in [2.75, 3.05) is 40.8 Å². The number of hydrogen-bond acceptors (Lipinski definition) is 4. The Morgan fingerprint density at radius 2 is 2.00 bits per heavy atom. The second kappa shape index (κ2) is 8.37. The maximum Gasteiger partial charge on any atom is 0.314 e. The van der Waals surface area contributed by atoms with Crippen LogP contribution >= 0.6 is 0 Å². The van der Waals surface area contributed by atoms with Crippen molar-refractivity contribution in [2.45, 2.75) is 31.2 Å². The second-order valence-electron chi connectivity index (χ2n) is 7.17. The molecule has 1 aliphatic heterocycles. The van der Waals surface area contributed by atoms with Crippen LogP contribution in [0, 0.1) is 19.8 Å². The first-order valence-electron chi connectivity index (χ1n) is 8.86. The van der Waals surface area contributed by atoms with E-state index in [-0.39, 0.29) is 18.0 Å². The van der Waals surface area contributed by atoms with Gasteiger partial charge in [0.2, 0.25) is 10.0 Å². The van der Waals surface area contributed by atoms with Gasteiger partial charge < -0.3 is 15.5 Å². The lowest BCUT2D eigenvalue weighted by molar-refractivity contribution is 0.125. The largest absolute Gasteiger partial charge is 0.341 e. The number of likely N-dealkylation sites (N-methyl/N-ethyl adjacent to an activating group) is 1. The van der Waals surface area contributed by atoms with E-state index in [1.807, 2.05) is 45.0 Å². The summed E-state index contributed by atoms with van der Waals surface area (Å²) in [7, 11) is 1.95. The van der Waals surface area contributed by atoms with Crippen molar-refractivity contribution < 1.29 is 13.2 Å². The maximum absolute atomic E-state index is 13.2. The van der Waals surface area contributed by atoms with Crippen LogP contribution in [-0.4, -0.2) is 70.5 Å². The third-order valence-corrected chi connectivity index (χ3v) is 7.07. The van der Waals surface area contributed by atoms with E-state index in [1.54, 1.807) is 17.4 Å². The van der Waals surface area contributed by atoms with Crippen molar-refractivity contribution in [3.05, 3.63) is 29.3 Å². The minimum Gasteiger partial charge on any atom is -0.341 e. The fraction of sp³-hybridized carbons (Fsp3) is 0.611. The van der Waals surface area contributed by atoms with Crippen LogP contribution in [0.2, 0.25) is 0 Å². The number of amides is 2. The predicted molar refractivity (Wildman–Crippen MR) is 103 cm³/mol. The van der Waals surface area contributed by atoms with Crippen LogP contribution < -0.4 is 10.6 Å². The number of nitrogens with one attached hydrogen (secondary N) is 2. The first-order chi connectivity index (χ1) is 12.2. The van der Waals surface area contributed by atoms with Gasteiger partial charge in [0.15, 0.2) is 0 Å². The lowest BCUT2D eigenvalue weighted by atomic mass is 9.92. The summed E-state index contributed by atoms with van der Waals surface area (Å²) in [6, 6.07) is 5.35. The lowest BCUT2D eigenvalue weighted by Gasteiger charge is -2.41. The Morgan fingerprint density at radius 1 is 1.31 bits per heavy atom. The third-order valence-electron chi connectivity index (χ3n) is 5.06. The quantitative estimate of drug-likeness (QED) is 0.801. The van der Waals surface area contributed by atoms with Crippen LogP contribution in [0.3, 0.4) is 0 Å². The number of hydrogen-bond donors (Lipinski definition) is 2. The summed E-state index contributed by atoms with van der Waals surface area (Å²) in [5, 5.41) is 5.39. The third kappa shape index (κ3) is 4.55. The van der Waals surface area contributed by atoms with E-state index in [0.29, 0.717) is 31.0 Å². The van der Waals surface area contributed by atoms with E-state index in [1.165, 1.54) is 0 Å². The van der Waals surface area contributed by atoms with Gasteiger partial charge in [0, 0.05) is 32.7 Å². The molecular formula is C18H30N4O3S. The Labute approximate surface area is 156 Å². The molecule has 1 fully saturated rings. The van der Waals surface area contributed by atoms with Crippen LogP contribution in [0.15, 0.2) is 23.1 Å². The molecule has 0 aromatic heterocycles. The summed E-state index contributed by atoms with van der Waals surface area (Å²) >= 11 is 0. The first kappa shape index (κ1) is 20.7. The molecule has 26 heavy (non-hydrogen) atoms. The molecule has 0 aliphatic carbocycles. The molecule has 7 nitrogen and oxygen atoms in total. The van der Waals surface area contributed by atoms with Crippen molar-refractivity contribution in [1.82, 2.24) is 19.8 Å². The number of aryl methyl sites for hydroxylation is 2. The van der Waals surface area contributed by atoms with Gasteiger partial charge in [0.1, 0.15) is 0 Å². The van der Waals surface area contributed by atoms with E-state index in [9.17, 15) is 13.2 Å². The Bertz CT molecular complexity index is 749. The summed E-state index contributed by atoms with van der Waals surface area (Å²) in [5.41, 5.74) is 1.70. The fourth-order valence-corrected chi connectivity index (χ4v) is 5.21. The second-order valence-corrected chi connectivity index (χ2v) is 9.08. The van der Waals surface area contributed by atoms with Crippen molar-refractivity contribution >= 4 is 16.1 Å². The van der Waals surface area contributed by atoms with Crippen molar-refractivity contribution in [3.63, 3.8) is 0 Å². The number of rotatable bonds is 5. The molecule has 146 valence electrons. The molecule has 1 heterocycles.